The summed E-state index contributed by atoms with van der Waals surface area (Å²) in [6.07, 6.45) is 21.4. The van der Waals surface area contributed by atoms with Gasteiger partial charge in [-0.3, -0.25) is 0 Å². The lowest BCUT2D eigenvalue weighted by Gasteiger charge is -2.27. The molecule has 0 aliphatic rings. The molecule has 0 aromatic heterocycles. The summed E-state index contributed by atoms with van der Waals surface area (Å²) in [4.78, 5) is 0. The minimum absolute atomic E-state index is 0. The highest BCUT2D eigenvalue weighted by atomic mass is 16.0. The maximum absolute atomic E-state index is 6.13. The molecule has 4 N–H and O–H groups in total. The summed E-state index contributed by atoms with van der Waals surface area (Å²) >= 11 is 0. The van der Waals surface area contributed by atoms with Crippen LogP contribution in [0.1, 0.15) is 124 Å². The van der Waals surface area contributed by atoms with Crippen molar-refractivity contribution >= 4 is 0 Å². The van der Waals surface area contributed by atoms with E-state index in [-0.39, 0.29) is 11.0 Å². The van der Waals surface area contributed by atoms with Crippen LogP contribution in [0, 0.1) is 5.92 Å². The second kappa shape index (κ2) is 16.8. The predicted molar refractivity (Wildman–Crippen MR) is 106 cm³/mol. The van der Waals surface area contributed by atoms with Gasteiger partial charge in [0, 0.05) is 5.54 Å². The van der Waals surface area contributed by atoms with Crippen molar-refractivity contribution in [3.63, 3.8) is 0 Å². The highest BCUT2D eigenvalue weighted by Crippen LogP contribution is 2.20. The average Bonchev–Trinajstić information content (AvgIpc) is 2.46. The van der Waals surface area contributed by atoms with Crippen LogP contribution < -0.4 is 5.73 Å². The first-order chi connectivity index (χ1) is 10.5. The number of unbranched alkanes of at least 4 members (excludes halogenated alkanes) is 13. The quantitative estimate of drug-likeness (QED) is 0.327. The Morgan fingerprint density at radius 1 is 0.652 bits per heavy atom. The standard InChI is InChI=1S/C21H45N.H2O/c1-5-6-7-8-9-10-11-12-13-14-15-16-17-18-19-20(2)21(3,4)22;/h20H,5-19,22H2,1-4H3;1H2. The third kappa shape index (κ3) is 18.1. The van der Waals surface area contributed by atoms with E-state index in [4.69, 9.17) is 5.73 Å². The Labute approximate surface area is 147 Å². The zero-order valence-corrected chi connectivity index (χ0v) is 16.8. The van der Waals surface area contributed by atoms with Crippen LogP contribution in [0.5, 0.6) is 0 Å². The molecule has 2 nitrogen and oxygen atoms in total. The Kier molecular flexibility index (Phi) is 18.3. The van der Waals surface area contributed by atoms with Gasteiger partial charge in [0.25, 0.3) is 0 Å². The number of nitrogens with two attached hydrogens (primary N) is 1. The molecule has 0 aromatic rings. The normalized spacial score (nSPS) is 12.9. The van der Waals surface area contributed by atoms with Crippen LogP contribution in [0.3, 0.4) is 0 Å². The van der Waals surface area contributed by atoms with E-state index in [1.807, 2.05) is 0 Å². The van der Waals surface area contributed by atoms with Gasteiger partial charge >= 0.3 is 0 Å². The van der Waals surface area contributed by atoms with Crippen molar-refractivity contribution in [2.75, 3.05) is 0 Å². The van der Waals surface area contributed by atoms with Crippen molar-refractivity contribution in [1.82, 2.24) is 0 Å². The molecule has 0 heterocycles. The van der Waals surface area contributed by atoms with Crippen LogP contribution in [0.4, 0.5) is 0 Å². The zero-order chi connectivity index (χ0) is 16.7. The first-order valence-electron chi connectivity index (χ1n) is 10.3. The lowest BCUT2D eigenvalue weighted by atomic mass is 9.86. The SMILES string of the molecule is CCCCCCCCCCCCCCCCC(C)C(C)(C)N.O. The van der Waals surface area contributed by atoms with Crippen molar-refractivity contribution in [2.45, 2.75) is 130 Å². The molecule has 1 unspecified atom stereocenters. The molecule has 1 atom stereocenters. The van der Waals surface area contributed by atoms with Crippen LogP contribution in [0.15, 0.2) is 0 Å². The van der Waals surface area contributed by atoms with Crippen LogP contribution in [-0.2, 0) is 0 Å². The third-order valence-electron chi connectivity index (χ3n) is 5.26. The lowest BCUT2D eigenvalue weighted by Crippen LogP contribution is -2.39. The molecule has 0 saturated heterocycles. The van der Waals surface area contributed by atoms with Gasteiger partial charge in [0.2, 0.25) is 0 Å². The molecule has 0 amide bonds. The van der Waals surface area contributed by atoms with Crippen molar-refractivity contribution in [3.8, 4) is 0 Å². The molecule has 0 aromatic carbocycles. The van der Waals surface area contributed by atoms with Gasteiger partial charge in [-0.2, -0.15) is 0 Å². The lowest BCUT2D eigenvalue weighted by molar-refractivity contribution is 0.316. The number of hydrogen-bond donors (Lipinski definition) is 1. The highest BCUT2D eigenvalue weighted by Gasteiger charge is 2.19. The largest absolute Gasteiger partial charge is 0.412 e. The summed E-state index contributed by atoms with van der Waals surface area (Å²) in [6.45, 7) is 8.89. The summed E-state index contributed by atoms with van der Waals surface area (Å²) in [6, 6.07) is 0. The first kappa shape index (κ1) is 25.2. The fourth-order valence-electron chi connectivity index (χ4n) is 3.02. The van der Waals surface area contributed by atoms with E-state index < -0.39 is 0 Å². The molecule has 0 saturated carbocycles. The Morgan fingerprint density at radius 3 is 1.26 bits per heavy atom. The second-order valence-electron chi connectivity index (χ2n) is 8.11. The fraction of sp³-hybridized carbons (Fsp3) is 1.00. The van der Waals surface area contributed by atoms with Gasteiger partial charge in [-0.25, -0.2) is 0 Å². The van der Waals surface area contributed by atoms with Gasteiger partial charge < -0.3 is 11.2 Å². The monoisotopic (exact) mass is 329 g/mol. The molecule has 0 fully saturated rings. The molecule has 2 heteroatoms. The van der Waals surface area contributed by atoms with E-state index in [2.05, 4.69) is 27.7 Å². The van der Waals surface area contributed by atoms with E-state index in [0.29, 0.717) is 5.92 Å². The van der Waals surface area contributed by atoms with Crippen LogP contribution in [0.25, 0.3) is 0 Å². The summed E-state index contributed by atoms with van der Waals surface area (Å²) in [5.74, 6) is 0.643. The Hall–Kier alpha value is -0.0800. The minimum Gasteiger partial charge on any atom is -0.412 e. The van der Waals surface area contributed by atoms with Crippen molar-refractivity contribution in [1.29, 1.82) is 0 Å². The Balaban J connectivity index is 0. The molecule has 0 aliphatic heterocycles. The van der Waals surface area contributed by atoms with Crippen LogP contribution in [-0.4, -0.2) is 11.0 Å². The third-order valence-corrected chi connectivity index (χ3v) is 5.26. The highest BCUT2D eigenvalue weighted by molar-refractivity contribution is 4.78. The molecule has 0 bridgehead atoms. The summed E-state index contributed by atoms with van der Waals surface area (Å²) in [5.41, 5.74) is 6.13. The van der Waals surface area contributed by atoms with E-state index >= 15 is 0 Å². The van der Waals surface area contributed by atoms with Gasteiger partial charge in [0.1, 0.15) is 0 Å². The molecule has 142 valence electrons. The molecule has 0 aliphatic carbocycles. The molecular formula is C21H47NO. The van der Waals surface area contributed by atoms with E-state index in [0.717, 1.165) is 0 Å². The van der Waals surface area contributed by atoms with Crippen LogP contribution in [0.2, 0.25) is 0 Å². The van der Waals surface area contributed by atoms with Crippen molar-refractivity contribution in [2.24, 2.45) is 11.7 Å². The van der Waals surface area contributed by atoms with Crippen LogP contribution >= 0.6 is 0 Å². The summed E-state index contributed by atoms with van der Waals surface area (Å²) < 4.78 is 0. The summed E-state index contributed by atoms with van der Waals surface area (Å²) in [5, 5.41) is 0. The number of hydrogen-bond acceptors (Lipinski definition) is 1. The van der Waals surface area contributed by atoms with E-state index in [1.165, 1.54) is 96.3 Å². The molecule has 0 radical (unpaired) electrons. The van der Waals surface area contributed by atoms with Gasteiger partial charge in [-0.15, -0.1) is 0 Å². The van der Waals surface area contributed by atoms with Crippen molar-refractivity contribution in [3.05, 3.63) is 0 Å². The Morgan fingerprint density at radius 2 is 0.957 bits per heavy atom. The topological polar surface area (TPSA) is 57.5 Å². The van der Waals surface area contributed by atoms with Gasteiger partial charge in [-0.05, 0) is 26.2 Å². The fourth-order valence-corrected chi connectivity index (χ4v) is 3.02. The van der Waals surface area contributed by atoms with E-state index in [9.17, 15) is 0 Å². The maximum atomic E-state index is 6.13. The zero-order valence-electron chi connectivity index (χ0n) is 16.8. The predicted octanol–water partition coefficient (Wildman–Crippen LogP) is 6.41. The summed E-state index contributed by atoms with van der Waals surface area (Å²) in [7, 11) is 0. The van der Waals surface area contributed by atoms with Gasteiger partial charge in [-0.1, -0.05) is 104 Å². The van der Waals surface area contributed by atoms with Crippen molar-refractivity contribution < 1.29 is 5.48 Å². The molecule has 0 spiro atoms. The van der Waals surface area contributed by atoms with E-state index in [1.54, 1.807) is 0 Å². The maximum Gasteiger partial charge on any atom is 0.0123 e. The first-order valence-corrected chi connectivity index (χ1v) is 10.3. The van der Waals surface area contributed by atoms with Gasteiger partial charge in [0.05, 0.1) is 0 Å². The Bertz CT molecular complexity index is 222. The molecule has 0 rings (SSSR count). The number of rotatable bonds is 16. The average molecular weight is 330 g/mol. The minimum atomic E-state index is -0.00343. The second-order valence-corrected chi connectivity index (χ2v) is 8.11. The molecular weight excluding hydrogens is 282 g/mol. The smallest absolute Gasteiger partial charge is 0.0123 e. The van der Waals surface area contributed by atoms with Gasteiger partial charge in [0.15, 0.2) is 0 Å². The molecule has 23 heavy (non-hydrogen) atoms.